The first-order valence-corrected chi connectivity index (χ1v) is 7.50. The SMILES string of the molecule is COC(=O)CCN(Cc1ccncc1)C(=O)c1cccc([N+](=O)[O-])c1. The lowest BCUT2D eigenvalue weighted by molar-refractivity contribution is -0.384. The minimum absolute atomic E-state index is 0.0300. The Kier molecular flexibility index (Phi) is 6.16. The van der Waals surface area contributed by atoms with Crippen LogP contribution in [0.25, 0.3) is 0 Å². The van der Waals surface area contributed by atoms with Crippen LogP contribution in [0.4, 0.5) is 5.69 Å². The molecule has 0 aliphatic rings. The minimum Gasteiger partial charge on any atom is -0.469 e. The summed E-state index contributed by atoms with van der Waals surface area (Å²) < 4.78 is 4.61. The number of amides is 1. The average molecular weight is 343 g/mol. The minimum atomic E-state index is -0.557. The second kappa shape index (κ2) is 8.53. The highest BCUT2D eigenvalue weighted by Gasteiger charge is 2.19. The van der Waals surface area contributed by atoms with Crippen molar-refractivity contribution in [1.29, 1.82) is 0 Å². The largest absolute Gasteiger partial charge is 0.469 e. The van der Waals surface area contributed by atoms with E-state index in [1.54, 1.807) is 24.5 Å². The zero-order valence-electron chi connectivity index (χ0n) is 13.6. The number of carbonyl (C=O) groups is 2. The van der Waals surface area contributed by atoms with Crippen LogP contribution in [-0.2, 0) is 16.1 Å². The van der Waals surface area contributed by atoms with Crippen molar-refractivity contribution in [1.82, 2.24) is 9.88 Å². The number of methoxy groups -OCH3 is 1. The van der Waals surface area contributed by atoms with E-state index < -0.39 is 16.8 Å². The molecule has 0 bridgehead atoms. The summed E-state index contributed by atoms with van der Waals surface area (Å²) in [5, 5.41) is 10.9. The average Bonchev–Trinajstić information content (AvgIpc) is 2.65. The summed E-state index contributed by atoms with van der Waals surface area (Å²) in [4.78, 5) is 39.9. The van der Waals surface area contributed by atoms with Crippen LogP contribution in [0.15, 0.2) is 48.8 Å². The molecule has 0 aliphatic carbocycles. The fraction of sp³-hybridized carbons (Fsp3) is 0.235. The van der Waals surface area contributed by atoms with Crippen LogP contribution in [0.5, 0.6) is 0 Å². The molecule has 1 aromatic carbocycles. The number of nitrogens with zero attached hydrogens (tertiary/aromatic N) is 3. The van der Waals surface area contributed by atoms with Crippen molar-refractivity contribution in [2.45, 2.75) is 13.0 Å². The number of nitro benzene ring substituents is 1. The zero-order chi connectivity index (χ0) is 18.2. The third-order valence-electron chi connectivity index (χ3n) is 3.53. The van der Waals surface area contributed by atoms with Gasteiger partial charge in [-0.15, -0.1) is 0 Å². The number of hydrogen-bond donors (Lipinski definition) is 0. The first-order valence-electron chi connectivity index (χ1n) is 7.50. The lowest BCUT2D eigenvalue weighted by Crippen LogP contribution is -2.32. The van der Waals surface area contributed by atoms with Crippen molar-refractivity contribution < 1.29 is 19.2 Å². The monoisotopic (exact) mass is 343 g/mol. The molecule has 2 aromatic rings. The van der Waals surface area contributed by atoms with E-state index in [9.17, 15) is 19.7 Å². The summed E-state index contributed by atoms with van der Waals surface area (Å²) in [6, 6.07) is 9.01. The molecule has 25 heavy (non-hydrogen) atoms. The topological polar surface area (TPSA) is 103 Å². The smallest absolute Gasteiger partial charge is 0.307 e. The van der Waals surface area contributed by atoms with Crippen molar-refractivity contribution in [2.75, 3.05) is 13.7 Å². The van der Waals surface area contributed by atoms with E-state index in [1.807, 2.05) is 0 Å². The molecule has 1 amide bonds. The maximum absolute atomic E-state index is 12.8. The number of ether oxygens (including phenoxy) is 1. The Balaban J connectivity index is 2.23. The lowest BCUT2D eigenvalue weighted by atomic mass is 10.1. The number of pyridine rings is 1. The van der Waals surface area contributed by atoms with Gasteiger partial charge in [0.05, 0.1) is 18.5 Å². The molecule has 8 nitrogen and oxygen atoms in total. The Bertz CT molecular complexity index is 764. The van der Waals surface area contributed by atoms with Crippen molar-refractivity contribution in [3.63, 3.8) is 0 Å². The number of esters is 1. The Morgan fingerprint density at radius 3 is 2.60 bits per heavy atom. The molecule has 2 rings (SSSR count). The molecule has 1 heterocycles. The van der Waals surface area contributed by atoms with E-state index in [1.165, 1.54) is 36.3 Å². The molecular weight excluding hydrogens is 326 g/mol. The van der Waals surface area contributed by atoms with Gasteiger partial charge in [0.1, 0.15) is 0 Å². The molecule has 0 aliphatic heterocycles. The number of non-ortho nitro benzene ring substituents is 1. The molecule has 0 fully saturated rings. The van der Waals surface area contributed by atoms with Crippen molar-refractivity contribution in [3.8, 4) is 0 Å². The maximum Gasteiger partial charge on any atom is 0.307 e. The lowest BCUT2D eigenvalue weighted by Gasteiger charge is -2.22. The van der Waals surface area contributed by atoms with E-state index >= 15 is 0 Å². The van der Waals surface area contributed by atoms with Gasteiger partial charge in [-0.05, 0) is 23.8 Å². The Hall–Kier alpha value is -3.29. The van der Waals surface area contributed by atoms with Crippen molar-refractivity contribution in [3.05, 3.63) is 70.0 Å². The van der Waals surface area contributed by atoms with Gasteiger partial charge >= 0.3 is 5.97 Å². The molecule has 0 atom stereocenters. The van der Waals surface area contributed by atoms with Crippen LogP contribution in [0.3, 0.4) is 0 Å². The molecule has 0 saturated heterocycles. The number of benzene rings is 1. The van der Waals surface area contributed by atoms with Gasteiger partial charge in [-0.1, -0.05) is 6.07 Å². The van der Waals surface area contributed by atoms with E-state index in [-0.39, 0.29) is 30.8 Å². The summed E-state index contributed by atoms with van der Waals surface area (Å²) in [7, 11) is 1.28. The van der Waals surface area contributed by atoms with Crippen LogP contribution in [0.1, 0.15) is 22.3 Å². The summed E-state index contributed by atoms with van der Waals surface area (Å²) in [5.41, 5.74) is 0.856. The number of rotatable bonds is 7. The van der Waals surface area contributed by atoms with Crippen LogP contribution in [0, 0.1) is 10.1 Å². The predicted octanol–water partition coefficient (Wildman–Crippen LogP) is 2.20. The first-order chi connectivity index (χ1) is 12.0. The third kappa shape index (κ3) is 5.10. The predicted molar refractivity (Wildman–Crippen MR) is 88.7 cm³/mol. The van der Waals surface area contributed by atoms with Gasteiger partial charge in [0.25, 0.3) is 11.6 Å². The normalized spacial score (nSPS) is 10.1. The number of nitro groups is 1. The Morgan fingerprint density at radius 1 is 1.24 bits per heavy atom. The molecule has 0 unspecified atom stereocenters. The fourth-order valence-corrected chi connectivity index (χ4v) is 2.22. The van der Waals surface area contributed by atoms with Gasteiger partial charge < -0.3 is 9.64 Å². The molecular formula is C17H17N3O5. The van der Waals surface area contributed by atoms with Crippen LogP contribution in [-0.4, -0.2) is 40.3 Å². The van der Waals surface area contributed by atoms with Crippen LogP contribution >= 0.6 is 0 Å². The molecule has 0 spiro atoms. The molecule has 0 N–H and O–H groups in total. The highest BCUT2D eigenvalue weighted by Crippen LogP contribution is 2.16. The molecule has 1 aromatic heterocycles. The van der Waals surface area contributed by atoms with Gasteiger partial charge in [0, 0.05) is 43.2 Å². The molecule has 130 valence electrons. The van der Waals surface area contributed by atoms with Crippen molar-refractivity contribution >= 4 is 17.6 Å². The van der Waals surface area contributed by atoms with Crippen LogP contribution in [0.2, 0.25) is 0 Å². The van der Waals surface area contributed by atoms with Gasteiger partial charge in [-0.25, -0.2) is 0 Å². The number of aromatic nitrogens is 1. The highest BCUT2D eigenvalue weighted by atomic mass is 16.6. The zero-order valence-corrected chi connectivity index (χ0v) is 13.6. The van der Waals surface area contributed by atoms with Gasteiger partial charge in [0.2, 0.25) is 0 Å². The number of carbonyl (C=O) groups excluding carboxylic acids is 2. The van der Waals surface area contributed by atoms with E-state index in [0.717, 1.165) is 5.56 Å². The summed E-state index contributed by atoms with van der Waals surface area (Å²) in [5.74, 6) is -0.837. The number of hydrogen-bond acceptors (Lipinski definition) is 6. The quantitative estimate of drug-likeness (QED) is 0.434. The van der Waals surface area contributed by atoms with Gasteiger partial charge in [-0.3, -0.25) is 24.7 Å². The second-order valence-electron chi connectivity index (χ2n) is 5.22. The van der Waals surface area contributed by atoms with Gasteiger partial charge in [0.15, 0.2) is 0 Å². The van der Waals surface area contributed by atoms with E-state index in [2.05, 4.69) is 9.72 Å². The standard InChI is InChI=1S/C17H17N3O5/c1-25-16(21)7-10-19(12-13-5-8-18-9-6-13)17(22)14-3-2-4-15(11-14)20(23)24/h2-6,8-9,11H,7,10,12H2,1H3. The van der Waals surface area contributed by atoms with E-state index in [4.69, 9.17) is 0 Å². The summed E-state index contributed by atoms with van der Waals surface area (Å²) in [6.07, 6.45) is 3.24. The fourth-order valence-electron chi connectivity index (χ4n) is 2.22. The molecule has 0 radical (unpaired) electrons. The second-order valence-corrected chi connectivity index (χ2v) is 5.22. The first kappa shape index (κ1) is 18.1. The van der Waals surface area contributed by atoms with Crippen LogP contribution < -0.4 is 0 Å². The Labute approximate surface area is 144 Å². The Morgan fingerprint density at radius 2 is 1.96 bits per heavy atom. The van der Waals surface area contributed by atoms with Crippen molar-refractivity contribution in [2.24, 2.45) is 0 Å². The summed E-state index contributed by atoms with van der Waals surface area (Å²) >= 11 is 0. The summed E-state index contributed by atoms with van der Waals surface area (Å²) in [6.45, 7) is 0.386. The maximum atomic E-state index is 12.8. The molecule has 0 saturated carbocycles. The molecule has 8 heteroatoms. The highest BCUT2D eigenvalue weighted by molar-refractivity contribution is 5.95. The van der Waals surface area contributed by atoms with E-state index in [0.29, 0.717) is 0 Å². The van der Waals surface area contributed by atoms with Gasteiger partial charge in [-0.2, -0.15) is 0 Å². The third-order valence-corrected chi connectivity index (χ3v) is 3.53.